The van der Waals surface area contributed by atoms with Crippen molar-refractivity contribution in [2.24, 2.45) is 11.1 Å². The molecule has 1 saturated heterocycles. The fraction of sp³-hybridized carbons (Fsp3) is 0.611. The zero-order valence-electron chi connectivity index (χ0n) is 15.0. The summed E-state index contributed by atoms with van der Waals surface area (Å²) in [6.45, 7) is 4.22. The molecular formula is C18H25F3N2O3. The van der Waals surface area contributed by atoms with Crippen LogP contribution in [0.4, 0.5) is 13.2 Å². The Morgan fingerprint density at radius 2 is 2.00 bits per heavy atom. The number of nitrogens with two attached hydrogens (primary N) is 1. The summed E-state index contributed by atoms with van der Waals surface area (Å²) in [6, 6.07) is 3.78. The number of benzene rings is 1. The van der Waals surface area contributed by atoms with Crippen molar-refractivity contribution in [1.82, 2.24) is 5.32 Å². The van der Waals surface area contributed by atoms with E-state index in [1.807, 2.05) is 0 Å². The number of hydrogen-bond donors (Lipinski definition) is 2. The van der Waals surface area contributed by atoms with Gasteiger partial charge in [0.15, 0.2) is 0 Å². The predicted octanol–water partition coefficient (Wildman–Crippen LogP) is 2.86. The Morgan fingerprint density at radius 1 is 1.35 bits per heavy atom. The smallest absolute Gasteiger partial charge is 0.416 e. The molecule has 0 atom stereocenters. The molecule has 0 saturated carbocycles. The van der Waals surface area contributed by atoms with E-state index >= 15 is 0 Å². The van der Waals surface area contributed by atoms with Crippen LogP contribution in [0.1, 0.15) is 37.8 Å². The molecule has 8 heteroatoms. The molecule has 1 aliphatic heterocycles. The van der Waals surface area contributed by atoms with Gasteiger partial charge in [0.1, 0.15) is 5.75 Å². The van der Waals surface area contributed by atoms with Crippen LogP contribution in [-0.2, 0) is 22.3 Å². The minimum absolute atomic E-state index is 0.0128. The van der Waals surface area contributed by atoms with Crippen molar-refractivity contribution in [2.75, 3.05) is 19.8 Å². The summed E-state index contributed by atoms with van der Waals surface area (Å²) in [4.78, 5) is 12.5. The number of carbonyl (C=O) groups excluding carboxylic acids is 1. The van der Waals surface area contributed by atoms with Crippen LogP contribution in [0, 0.1) is 5.41 Å². The van der Waals surface area contributed by atoms with Crippen LogP contribution in [0.15, 0.2) is 18.2 Å². The molecule has 1 aliphatic rings. The topological polar surface area (TPSA) is 73.6 Å². The Morgan fingerprint density at radius 3 is 2.54 bits per heavy atom. The van der Waals surface area contributed by atoms with Gasteiger partial charge in [0.05, 0.1) is 17.1 Å². The maximum Gasteiger partial charge on any atom is 0.416 e. The van der Waals surface area contributed by atoms with Gasteiger partial charge in [-0.2, -0.15) is 13.2 Å². The number of rotatable bonds is 6. The zero-order chi connectivity index (χ0) is 19.4. The maximum atomic E-state index is 13.4. The van der Waals surface area contributed by atoms with Gasteiger partial charge >= 0.3 is 6.18 Å². The molecule has 3 N–H and O–H groups in total. The van der Waals surface area contributed by atoms with Gasteiger partial charge < -0.3 is 20.5 Å². The van der Waals surface area contributed by atoms with E-state index in [0.717, 1.165) is 6.07 Å². The normalized spacial score (nSPS) is 17.2. The van der Waals surface area contributed by atoms with Crippen LogP contribution in [0.2, 0.25) is 0 Å². The molecule has 146 valence electrons. The lowest BCUT2D eigenvalue weighted by atomic mass is 9.79. The second-order valence-electron chi connectivity index (χ2n) is 6.76. The highest BCUT2D eigenvalue weighted by molar-refractivity contribution is 5.83. The molecule has 1 amide bonds. The molecule has 1 aromatic carbocycles. The number of hydrogen-bond acceptors (Lipinski definition) is 4. The molecule has 1 fully saturated rings. The first-order valence-corrected chi connectivity index (χ1v) is 8.61. The van der Waals surface area contributed by atoms with E-state index in [-0.39, 0.29) is 36.4 Å². The van der Waals surface area contributed by atoms with Gasteiger partial charge in [-0.3, -0.25) is 4.79 Å². The van der Waals surface area contributed by atoms with Gasteiger partial charge in [-0.25, -0.2) is 0 Å². The maximum absolute atomic E-state index is 13.4. The van der Waals surface area contributed by atoms with Crippen molar-refractivity contribution in [3.05, 3.63) is 29.3 Å². The van der Waals surface area contributed by atoms with Crippen molar-refractivity contribution < 1.29 is 27.4 Å². The van der Waals surface area contributed by atoms with E-state index < -0.39 is 17.2 Å². The first-order chi connectivity index (χ1) is 12.2. The third-order valence-corrected chi connectivity index (χ3v) is 4.52. The third kappa shape index (κ3) is 4.88. The second-order valence-corrected chi connectivity index (χ2v) is 6.76. The largest absolute Gasteiger partial charge is 0.491 e. The van der Waals surface area contributed by atoms with Crippen LogP contribution < -0.4 is 15.8 Å². The molecule has 0 radical (unpaired) electrons. The Labute approximate surface area is 151 Å². The van der Waals surface area contributed by atoms with Crippen molar-refractivity contribution in [2.45, 2.75) is 45.5 Å². The van der Waals surface area contributed by atoms with Gasteiger partial charge in [0, 0.05) is 26.3 Å². The number of amides is 1. The standard InChI is InChI=1S/C18H25F3N2O3/c1-12(2)26-14-4-3-13(15(9-14)18(19,20)21)10-23-16(24)17(11-22)5-7-25-8-6-17/h3-4,9,12H,5-8,10-11,22H2,1-2H3,(H,23,24). The number of carbonyl (C=O) groups is 1. The summed E-state index contributed by atoms with van der Waals surface area (Å²) in [7, 11) is 0. The molecule has 0 unspecified atom stereocenters. The first-order valence-electron chi connectivity index (χ1n) is 8.61. The number of ether oxygens (including phenoxy) is 2. The molecule has 0 aliphatic carbocycles. The zero-order valence-corrected chi connectivity index (χ0v) is 15.0. The summed E-state index contributed by atoms with van der Waals surface area (Å²) in [5.41, 5.74) is 4.15. The minimum Gasteiger partial charge on any atom is -0.491 e. The van der Waals surface area contributed by atoms with Crippen molar-refractivity contribution >= 4 is 5.91 Å². The van der Waals surface area contributed by atoms with E-state index in [2.05, 4.69) is 5.32 Å². The average molecular weight is 374 g/mol. The Hall–Kier alpha value is -1.80. The molecule has 5 nitrogen and oxygen atoms in total. The quantitative estimate of drug-likeness (QED) is 0.803. The van der Waals surface area contributed by atoms with E-state index in [1.54, 1.807) is 13.8 Å². The van der Waals surface area contributed by atoms with Crippen molar-refractivity contribution in [3.8, 4) is 5.75 Å². The summed E-state index contributed by atoms with van der Waals surface area (Å²) < 4.78 is 50.7. The molecule has 26 heavy (non-hydrogen) atoms. The van der Waals surface area contributed by atoms with Gasteiger partial charge in [-0.05, 0) is 44.4 Å². The molecule has 0 bridgehead atoms. The monoisotopic (exact) mass is 374 g/mol. The molecular weight excluding hydrogens is 349 g/mol. The van der Waals surface area contributed by atoms with Crippen LogP contribution in [0.3, 0.4) is 0 Å². The first kappa shape index (κ1) is 20.5. The van der Waals surface area contributed by atoms with E-state index in [4.69, 9.17) is 15.2 Å². The Bertz CT molecular complexity index is 627. The summed E-state index contributed by atoms with van der Waals surface area (Å²) in [5, 5.41) is 2.62. The summed E-state index contributed by atoms with van der Waals surface area (Å²) >= 11 is 0. The van der Waals surface area contributed by atoms with Gasteiger partial charge in [-0.15, -0.1) is 0 Å². The van der Waals surface area contributed by atoms with Crippen molar-refractivity contribution in [1.29, 1.82) is 0 Å². The van der Waals surface area contributed by atoms with Gasteiger partial charge in [-0.1, -0.05) is 6.07 Å². The predicted molar refractivity (Wildman–Crippen MR) is 90.6 cm³/mol. The molecule has 1 heterocycles. The fourth-order valence-corrected chi connectivity index (χ4v) is 2.97. The molecule has 2 rings (SSSR count). The van der Waals surface area contributed by atoms with Crippen LogP contribution in [0.5, 0.6) is 5.75 Å². The number of nitrogens with one attached hydrogen (secondary N) is 1. The van der Waals surface area contributed by atoms with Crippen LogP contribution in [0.25, 0.3) is 0 Å². The van der Waals surface area contributed by atoms with Gasteiger partial charge in [0.25, 0.3) is 0 Å². The van der Waals surface area contributed by atoms with E-state index in [0.29, 0.717) is 26.1 Å². The highest BCUT2D eigenvalue weighted by Gasteiger charge is 2.39. The second kappa shape index (κ2) is 8.26. The lowest BCUT2D eigenvalue weighted by Gasteiger charge is -2.34. The van der Waals surface area contributed by atoms with Crippen molar-refractivity contribution in [3.63, 3.8) is 0 Å². The van der Waals surface area contributed by atoms with Gasteiger partial charge in [0.2, 0.25) is 5.91 Å². The lowest BCUT2D eigenvalue weighted by molar-refractivity contribution is -0.139. The highest BCUT2D eigenvalue weighted by Crippen LogP contribution is 2.35. The lowest BCUT2D eigenvalue weighted by Crippen LogP contribution is -2.49. The minimum atomic E-state index is -4.54. The summed E-state index contributed by atoms with van der Waals surface area (Å²) in [6.07, 6.45) is -3.86. The number of halogens is 3. The average Bonchev–Trinajstić information content (AvgIpc) is 2.59. The fourth-order valence-electron chi connectivity index (χ4n) is 2.97. The molecule has 0 aromatic heterocycles. The number of alkyl halides is 3. The Balaban J connectivity index is 2.16. The SMILES string of the molecule is CC(C)Oc1ccc(CNC(=O)C2(CN)CCOCC2)c(C(F)(F)F)c1. The van der Waals surface area contributed by atoms with Crippen LogP contribution >= 0.6 is 0 Å². The van der Waals surface area contributed by atoms with Crippen LogP contribution in [-0.4, -0.2) is 31.8 Å². The summed E-state index contributed by atoms with van der Waals surface area (Å²) in [5.74, 6) is -0.191. The highest BCUT2D eigenvalue weighted by atomic mass is 19.4. The van der Waals surface area contributed by atoms with E-state index in [1.165, 1.54) is 12.1 Å². The Kier molecular flexibility index (Phi) is 6.52. The molecule has 0 spiro atoms. The molecule has 1 aromatic rings. The third-order valence-electron chi connectivity index (χ3n) is 4.52. The van der Waals surface area contributed by atoms with E-state index in [9.17, 15) is 18.0 Å².